The van der Waals surface area contributed by atoms with Crippen LogP contribution in [0.25, 0.3) is 0 Å². The van der Waals surface area contributed by atoms with E-state index in [2.05, 4.69) is 10.2 Å². The number of carbonyl (C=O) groups is 1. The Hall–Kier alpha value is -1.55. The Morgan fingerprint density at radius 1 is 1.40 bits per heavy atom. The van der Waals surface area contributed by atoms with Gasteiger partial charge in [0.05, 0.1) is 11.4 Å². The lowest BCUT2D eigenvalue weighted by Crippen LogP contribution is -2.43. The van der Waals surface area contributed by atoms with E-state index in [0.29, 0.717) is 0 Å². The predicted octanol–water partition coefficient (Wildman–Crippen LogP) is 0.545. The maximum atomic E-state index is 11.8. The molecular formula is C11H13N3O. The van der Waals surface area contributed by atoms with Crippen LogP contribution in [-0.2, 0) is 4.79 Å². The third-order valence-electron chi connectivity index (χ3n) is 3.11. The van der Waals surface area contributed by atoms with E-state index in [1.807, 2.05) is 24.3 Å². The molecule has 1 aromatic rings. The Kier molecular flexibility index (Phi) is 1.73. The lowest BCUT2D eigenvalue weighted by Gasteiger charge is -2.32. The van der Waals surface area contributed by atoms with Crippen LogP contribution in [0, 0.1) is 0 Å². The van der Waals surface area contributed by atoms with Crippen molar-refractivity contribution in [1.29, 1.82) is 0 Å². The summed E-state index contributed by atoms with van der Waals surface area (Å²) in [5, 5.41) is 2.92. The first-order valence-electron chi connectivity index (χ1n) is 5.18. The van der Waals surface area contributed by atoms with Crippen molar-refractivity contribution in [2.45, 2.75) is 18.5 Å². The summed E-state index contributed by atoms with van der Waals surface area (Å²) in [5.74, 6) is 0.0710. The number of nitrogens with zero attached hydrogens (tertiary/aromatic N) is 1. The highest BCUT2D eigenvalue weighted by Crippen LogP contribution is 2.35. The van der Waals surface area contributed by atoms with E-state index in [1.165, 1.54) is 0 Å². The van der Waals surface area contributed by atoms with E-state index in [-0.39, 0.29) is 18.0 Å². The minimum absolute atomic E-state index is 0.0710. The van der Waals surface area contributed by atoms with E-state index >= 15 is 0 Å². The van der Waals surface area contributed by atoms with Gasteiger partial charge < -0.3 is 16.0 Å². The second kappa shape index (κ2) is 2.97. The minimum Gasteiger partial charge on any atom is -0.356 e. The maximum absolute atomic E-state index is 11.8. The number of benzene rings is 1. The molecule has 2 aliphatic heterocycles. The molecule has 78 valence electrons. The summed E-state index contributed by atoms with van der Waals surface area (Å²) in [6.07, 6.45) is 0.750. The van der Waals surface area contributed by atoms with Crippen molar-refractivity contribution in [1.82, 2.24) is 0 Å². The molecule has 0 aliphatic carbocycles. The average Bonchev–Trinajstić information content (AvgIpc) is 2.61. The van der Waals surface area contributed by atoms with E-state index < -0.39 is 0 Å². The van der Waals surface area contributed by atoms with Gasteiger partial charge in [-0.1, -0.05) is 12.1 Å². The molecule has 3 rings (SSSR count). The predicted molar refractivity (Wildman–Crippen MR) is 58.8 cm³/mol. The van der Waals surface area contributed by atoms with Crippen LogP contribution in [0.5, 0.6) is 0 Å². The number of nitrogens with two attached hydrogens (primary N) is 1. The first-order valence-corrected chi connectivity index (χ1v) is 5.18. The Balaban J connectivity index is 2.08. The summed E-state index contributed by atoms with van der Waals surface area (Å²) in [4.78, 5) is 13.9. The standard InChI is InChI=1S/C11H13N3O/c12-7-5-10-11(15)13-8-3-1-2-4-9(8)14(10)6-7/h1-4,7,10H,5-6,12H2,(H,13,15). The molecule has 3 N–H and O–H groups in total. The number of para-hydroxylation sites is 2. The van der Waals surface area contributed by atoms with Crippen LogP contribution in [0.15, 0.2) is 24.3 Å². The Labute approximate surface area is 88.1 Å². The number of carbonyl (C=O) groups excluding carboxylic acids is 1. The summed E-state index contributed by atoms with van der Waals surface area (Å²) in [7, 11) is 0. The van der Waals surface area contributed by atoms with E-state index in [1.54, 1.807) is 0 Å². The fraction of sp³-hybridized carbons (Fsp3) is 0.364. The highest BCUT2D eigenvalue weighted by atomic mass is 16.2. The summed E-state index contributed by atoms with van der Waals surface area (Å²) in [6, 6.07) is 7.89. The lowest BCUT2D eigenvalue weighted by molar-refractivity contribution is -0.117. The topological polar surface area (TPSA) is 58.4 Å². The smallest absolute Gasteiger partial charge is 0.247 e. The Morgan fingerprint density at radius 2 is 2.20 bits per heavy atom. The number of rotatable bonds is 0. The van der Waals surface area contributed by atoms with E-state index in [0.717, 1.165) is 24.3 Å². The second-order valence-corrected chi connectivity index (χ2v) is 4.17. The van der Waals surface area contributed by atoms with Crippen molar-refractivity contribution in [3.05, 3.63) is 24.3 Å². The van der Waals surface area contributed by atoms with E-state index in [4.69, 9.17) is 5.73 Å². The lowest BCUT2D eigenvalue weighted by atomic mass is 10.1. The molecule has 0 aromatic heterocycles. The molecule has 1 fully saturated rings. The Bertz CT molecular complexity index is 418. The maximum Gasteiger partial charge on any atom is 0.247 e. The monoisotopic (exact) mass is 203 g/mol. The molecule has 4 nitrogen and oxygen atoms in total. The van der Waals surface area contributed by atoms with Crippen molar-refractivity contribution in [2.24, 2.45) is 5.73 Å². The van der Waals surface area contributed by atoms with Crippen LogP contribution >= 0.6 is 0 Å². The molecule has 2 unspecified atom stereocenters. The quantitative estimate of drug-likeness (QED) is 0.647. The molecule has 1 amide bonds. The number of nitrogens with one attached hydrogen (secondary N) is 1. The molecule has 2 heterocycles. The highest BCUT2D eigenvalue weighted by Gasteiger charge is 2.39. The molecule has 1 aromatic carbocycles. The van der Waals surface area contributed by atoms with E-state index in [9.17, 15) is 4.79 Å². The average molecular weight is 203 g/mol. The van der Waals surface area contributed by atoms with Crippen molar-refractivity contribution in [2.75, 3.05) is 16.8 Å². The van der Waals surface area contributed by atoms with Gasteiger partial charge in [0.2, 0.25) is 5.91 Å². The largest absolute Gasteiger partial charge is 0.356 e. The van der Waals surface area contributed by atoms with Crippen LogP contribution in [0.3, 0.4) is 0 Å². The molecule has 2 aliphatic rings. The number of amides is 1. The Morgan fingerprint density at radius 3 is 3.07 bits per heavy atom. The van der Waals surface area contributed by atoms with Crippen LogP contribution < -0.4 is 16.0 Å². The first kappa shape index (κ1) is 8.73. The molecule has 2 atom stereocenters. The van der Waals surface area contributed by atoms with Crippen molar-refractivity contribution in [3.63, 3.8) is 0 Å². The molecule has 4 heteroatoms. The summed E-state index contributed by atoms with van der Waals surface area (Å²) >= 11 is 0. The van der Waals surface area contributed by atoms with Crippen LogP contribution in [-0.4, -0.2) is 24.5 Å². The zero-order valence-electron chi connectivity index (χ0n) is 8.31. The molecule has 15 heavy (non-hydrogen) atoms. The highest BCUT2D eigenvalue weighted by molar-refractivity contribution is 6.04. The molecule has 0 spiro atoms. The van der Waals surface area contributed by atoms with Crippen LogP contribution in [0.2, 0.25) is 0 Å². The SMILES string of the molecule is NC1CC2C(=O)Nc3ccccc3N2C1. The number of hydrogen-bond donors (Lipinski definition) is 2. The van der Waals surface area contributed by atoms with Gasteiger partial charge in [-0.15, -0.1) is 0 Å². The van der Waals surface area contributed by atoms with Gasteiger partial charge in [0, 0.05) is 12.6 Å². The fourth-order valence-corrected chi connectivity index (χ4v) is 2.43. The van der Waals surface area contributed by atoms with Gasteiger partial charge in [-0.05, 0) is 18.6 Å². The fourth-order valence-electron chi connectivity index (χ4n) is 2.43. The van der Waals surface area contributed by atoms with Gasteiger partial charge in [-0.25, -0.2) is 0 Å². The number of hydrogen-bond acceptors (Lipinski definition) is 3. The van der Waals surface area contributed by atoms with Gasteiger partial charge in [-0.3, -0.25) is 4.79 Å². The number of fused-ring (bicyclic) bond motifs is 3. The van der Waals surface area contributed by atoms with Gasteiger partial charge >= 0.3 is 0 Å². The summed E-state index contributed by atoms with van der Waals surface area (Å²) in [6.45, 7) is 0.773. The van der Waals surface area contributed by atoms with Crippen LogP contribution in [0.4, 0.5) is 11.4 Å². The van der Waals surface area contributed by atoms with Gasteiger partial charge in [0.15, 0.2) is 0 Å². The minimum atomic E-state index is -0.0742. The first-order chi connectivity index (χ1) is 7.25. The second-order valence-electron chi connectivity index (χ2n) is 4.17. The molecule has 0 radical (unpaired) electrons. The third-order valence-corrected chi connectivity index (χ3v) is 3.11. The normalized spacial score (nSPS) is 28.3. The van der Waals surface area contributed by atoms with Crippen LogP contribution in [0.1, 0.15) is 6.42 Å². The van der Waals surface area contributed by atoms with Gasteiger partial charge in [-0.2, -0.15) is 0 Å². The molecule has 0 saturated carbocycles. The van der Waals surface area contributed by atoms with Gasteiger partial charge in [0.25, 0.3) is 0 Å². The third kappa shape index (κ3) is 1.22. The zero-order chi connectivity index (χ0) is 10.4. The van der Waals surface area contributed by atoms with Crippen molar-refractivity contribution < 1.29 is 4.79 Å². The zero-order valence-corrected chi connectivity index (χ0v) is 8.31. The molecule has 0 bridgehead atoms. The van der Waals surface area contributed by atoms with Crippen molar-refractivity contribution in [3.8, 4) is 0 Å². The molecular weight excluding hydrogens is 190 g/mol. The van der Waals surface area contributed by atoms with Gasteiger partial charge in [0.1, 0.15) is 6.04 Å². The summed E-state index contributed by atoms with van der Waals surface area (Å²) < 4.78 is 0. The summed E-state index contributed by atoms with van der Waals surface area (Å²) in [5.41, 5.74) is 7.88. The van der Waals surface area contributed by atoms with Crippen molar-refractivity contribution >= 4 is 17.3 Å². The molecule has 1 saturated heterocycles. The number of anilines is 2.